The Bertz CT molecular complexity index is 1060. The van der Waals surface area contributed by atoms with Crippen molar-refractivity contribution in [3.8, 4) is 0 Å². The van der Waals surface area contributed by atoms with Gasteiger partial charge in [0, 0.05) is 31.4 Å². The van der Waals surface area contributed by atoms with Crippen molar-refractivity contribution < 1.29 is 22.8 Å². The minimum atomic E-state index is -0.928. The number of hydrogen-bond donors (Lipinski definition) is 1. The lowest BCUT2D eigenvalue weighted by atomic mass is 9.93. The third kappa shape index (κ3) is 5.10. The van der Waals surface area contributed by atoms with E-state index in [2.05, 4.69) is 5.32 Å². The predicted octanol–water partition coefficient (Wildman–Crippen LogP) is 4.66. The predicted molar refractivity (Wildman–Crippen MR) is 112 cm³/mol. The van der Waals surface area contributed by atoms with E-state index in [4.69, 9.17) is 4.42 Å². The lowest BCUT2D eigenvalue weighted by molar-refractivity contribution is -0.121. The first-order valence-electron chi connectivity index (χ1n) is 10.5. The molecule has 0 spiro atoms. The van der Waals surface area contributed by atoms with Crippen molar-refractivity contribution in [2.75, 3.05) is 13.1 Å². The zero-order chi connectivity index (χ0) is 21.8. The summed E-state index contributed by atoms with van der Waals surface area (Å²) in [6.45, 7) is 1.42. The Morgan fingerprint density at radius 1 is 1.10 bits per heavy atom. The normalized spacial score (nSPS) is 16.5. The van der Waals surface area contributed by atoms with Crippen LogP contribution in [0.15, 0.2) is 52.9 Å². The summed E-state index contributed by atoms with van der Waals surface area (Å²) >= 11 is 0. The summed E-state index contributed by atoms with van der Waals surface area (Å²) in [5.41, 5.74) is 1.20. The highest BCUT2D eigenvalue weighted by Crippen LogP contribution is 2.25. The molecule has 4 rings (SSSR count). The van der Waals surface area contributed by atoms with Crippen molar-refractivity contribution in [2.24, 2.45) is 5.92 Å². The van der Waals surface area contributed by atoms with E-state index in [-0.39, 0.29) is 24.3 Å². The number of likely N-dealkylation sites (tertiary alicyclic amines) is 1. The minimum Gasteiger partial charge on any atom is -0.451 e. The largest absolute Gasteiger partial charge is 0.451 e. The fourth-order valence-electron chi connectivity index (χ4n) is 4.00. The molecule has 1 aliphatic heterocycles. The van der Waals surface area contributed by atoms with Crippen LogP contribution in [0.25, 0.3) is 11.0 Å². The van der Waals surface area contributed by atoms with Crippen LogP contribution in [0.4, 0.5) is 8.78 Å². The van der Waals surface area contributed by atoms with Crippen molar-refractivity contribution in [1.82, 2.24) is 10.2 Å². The van der Waals surface area contributed by atoms with Crippen molar-refractivity contribution in [1.29, 1.82) is 0 Å². The summed E-state index contributed by atoms with van der Waals surface area (Å²) in [7, 11) is 0. The van der Waals surface area contributed by atoms with Gasteiger partial charge < -0.3 is 14.6 Å². The first-order chi connectivity index (χ1) is 15.0. The number of nitrogens with zero attached hydrogens (tertiary/aromatic N) is 1. The second-order valence-electron chi connectivity index (χ2n) is 7.97. The van der Waals surface area contributed by atoms with Gasteiger partial charge in [0.05, 0.1) is 0 Å². The number of carbonyl (C=O) groups is 2. The van der Waals surface area contributed by atoms with Crippen molar-refractivity contribution in [3.63, 3.8) is 0 Å². The van der Waals surface area contributed by atoms with Crippen LogP contribution < -0.4 is 5.32 Å². The molecular formula is C24H24F2N2O3. The molecule has 0 saturated carbocycles. The van der Waals surface area contributed by atoms with E-state index >= 15 is 0 Å². The Kier molecular flexibility index (Phi) is 6.30. The summed E-state index contributed by atoms with van der Waals surface area (Å²) in [5, 5.41) is 3.64. The number of para-hydroxylation sites is 1. The van der Waals surface area contributed by atoms with Crippen LogP contribution in [0.3, 0.4) is 0 Å². The summed E-state index contributed by atoms with van der Waals surface area (Å²) in [4.78, 5) is 26.8. The molecule has 1 atom stereocenters. The lowest BCUT2D eigenvalue weighted by Gasteiger charge is -2.32. The van der Waals surface area contributed by atoms with Gasteiger partial charge >= 0.3 is 0 Å². The Morgan fingerprint density at radius 3 is 2.74 bits per heavy atom. The number of piperidine rings is 1. The molecule has 1 unspecified atom stereocenters. The van der Waals surface area contributed by atoms with Gasteiger partial charge in [0.25, 0.3) is 5.91 Å². The molecule has 162 valence electrons. The highest BCUT2D eigenvalue weighted by atomic mass is 19.2. The molecule has 3 aromatic rings. The number of amides is 2. The fourth-order valence-corrected chi connectivity index (χ4v) is 4.00. The maximum absolute atomic E-state index is 13.3. The molecule has 1 aromatic heterocycles. The van der Waals surface area contributed by atoms with Gasteiger partial charge in [-0.1, -0.05) is 24.3 Å². The molecule has 5 nitrogen and oxygen atoms in total. The first kappa shape index (κ1) is 21.0. The monoisotopic (exact) mass is 426 g/mol. The number of furan rings is 1. The maximum atomic E-state index is 13.3. The zero-order valence-electron chi connectivity index (χ0n) is 17.1. The van der Waals surface area contributed by atoms with Gasteiger partial charge in [0.2, 0.25) is 5.91 Å². The third-order valence-corrected chi connectivity index (χ3v) is 5.70. The Morgan fingerprint density at radius 2 is 1.94 bits per heavy atom. The van der Waals surface area contributed by atoms with Crippen molar-refractivity contribution in [3.05, 3.63) is 71.5 Å². The van der Waals surface area contributed by atoms with Crippen LogP contribution in [-0.2, 0) is 11.3 Å². The molecule has 2 amide bonds. The quantitative estimate of drug-likeness (QED) is 0.624. The van der Waals surface area contributed by atoms with Crippen LogP contribution >= 0.6 is 0 Å². The Hall–Kier alpha value is -3.22. The van der Waals surface area contributed by atoms with E-state index in [0.29, 0.717) is 42.8 Å². The van der Waals surface area contributed by atoms with Crippen molar-refractivity contribution >= 4 is 22.8 Å². The van der Waals surface area contributed by atoms with Gasteiger partial charge in [-0.3, -0.25) is 9.59 Å². The zero-order valence-corrected chi connectivity index (χ0v) is 17.1. The number of fused-ring (bicyclic) bond motifs is 1. The van der Waals surface area contributed by atoms with Gasteiger partial charge in [-0.25, -0.2) is 8.78 Å². The lowest BCUT2D eigenvalue weighted by Crippen LogP contribution is -2.40. The van der Waals surface area contributed by atoms with E-state index in [9.17, 15) is 18.4 Å². The smallest absolute Gasteiger partial charge is 0.289 e. The number of nitrogens with one attached hydrogen (secondary N) is 1. The molecule has 0 radical (unpaired) electrons. The molecule has 2 heterocycles. The van der Waals surface area contributed by atoms with E-state index < -0.39 is 11.6 Å². The highest BCUT2D eigenvalue weighted by Gasteiger charge is 2.26. The molecule has 1 aliphatic rings. The number of halogens is 2. The molecule has 31 heavy (non-hydrogen) atoms. The topological polar surface area (TPSA) is 62.6 Å². The minimum absolute atomic E-state index is 0.122. The number of hydrogen-bond acceptors (Lipinski definition) is 3. The van der Waals surface area contributed by atoms with Gasteiger partial charge in [-0.05, 0) is 55.0 Å². The first-order valence-corrected chi connectivity index (χ1v) is 10.5. The van der Waals surface area contributed by atoms with Gasteiger partial charge in [-0.15, -0.1) is 0 Å². The molecular weight excluding hydrogens is 402 g/mol. The van der Waals surface area contributed by atoms with Crippen LogP contribution in [0.5, 0.6) is 0 Å². The van der Waals surface area contributed by atoms with Gasteiger partial charge in [-0.2, -0.15) is 0 Å². The van der Waals surface area contributed by atoms with Crippen LogP contribution in [0.2, 0.25) is 0 Å². The summed E-state index contributed by atoms with van der Waals surface area (Å²) in [6, 6.07) is 12.9. The maximum Gasteiger partial charge on any atom is 0.289 e. The summed E-state index contributed by atoms with van der Waals surface area (Å²) in [6.07, 6.45) is 2.82. The van der Waals surface area contributed by atoms with Crippen LogP contribution in [-0.4, -0.2) is 29.8 Å². The van der Waals surface area contributed by atoms with Crippen LogP contribution in [0.1, 0.15) is 41.8 Å². The molecule has 0 aliphatic carbocycles. The second-order valence-corrected chi connectivity index (χ2v) is 7.97. The average Bonchev–Trinajstić information content (AvgIpc) is 3.22. The second kappa shape index (κ2) is 9.29. The summed E-state index contributed by atoms with van der Waals surface area (Å²) < 4.78 is 31.9. The van der Waals surface area contributed by atoms with E-state index in [1.54, 1.807) is 11.0 Å². The average molecular weight is 426 g/mol. The SMILES string of the molecule is O=C(CCC1CCCN(C(=O)c2cc3ccccc3o2)C1)NCc1ccc(F)c(F)c1. The Labute approximate surface area is 179 Å². The number of rotatable bonds is 6. The molecule has 2 aromatic carbocycles. The van der Waals surface area contributed by atoms with Crippen molar-refractivity contribution in [2.45, 2.75) is 32.2 Å². The number of benzene rings is 2. The molecule has 0 bridgehead atoms. The molecule has 7 heteroatoms. The fraction of sp³-hybridized carbons (Fsp3) is 0.333. The van der Waals surface area contributed by atoms with Gasteiger partial charge in [0.15, 0.2) is 17.4 Å². The molecule has 1 fully saturated rings. The molecule has 1 saturated heterocycles. The summed E-state index contributed by atoms with van der Waals surface area (Å²) in [5.74, 6) is -1.53. The van der Waals surface area contributed by atoms with Gasteiger partial charge in [0.1, 0.15) is 5.58 Å². The highest BCUT2D eigenvalue weighted by molar-refractivity contribution is 5.96. The van der Waals surface area contributed by atoms with E-state index in [0.717, 1.165) is 30.4 Å². The number of carbonyl (C=O) groups excluding carboxylic acids is 2. The third-order valence-electron chi connectivity index (χ3n) is 5.70. The van der Waals surface area contributed by atoms with E-state index in [1.807, 2.05) is 24.3 Å². The Balaban J connectivity index is 1.27. The molecule has 1 N–H and O–H groups in total. The standard InChI is InChI=1S/C24H24F2N2O3/c25-19-9-7-17(12-20(19)26)14-27-23(29)10-8-16-4-3-11-28(15-16)24(30)22-13-18-5-1-2-6-21(18)31-22/h1-2,5-7,9,12-13,16H,3-4,8,10-11,14-15H2,(H,27,29). The van der Waals surface area contributed by atoms with Crippen LogP contribution in [0, 0.1) is 17.6 Å². The van der Waals surface area contributed by atoms with E-state index in [1.165, 1.54) is 6.07 Å².